The molecular weight excluding hydrogens is 408 g/mol. The van der Waals surface area contributed by atoms with Crippen molar-refractivity contribution < 1.29 is 22.8 Å². The topological polar surface area (TPSA) is 104 Å². The number of sulfone groups is 1. The highest BCUT2D eigenvalue weighted by Gasteiger charge is 2.23. The van der Waals surface area contributed by atoms with Crippen LogP contribution < -0.4 is 9.80 Å². The third-order valence-electron chi connectivity index (χ3n) is 3.81. The Kier molecular flexibility index (Phi) is 6.18. The van der Waals surface area contributed by atoms with Crippen molar-refractivity contribution in [3.8, 4) is 11.5 Å². The first-order chi connectivity index (χ1) is 14.1. The second kappa shape index (κ2) is 8.64. The van der Waals surface area contributed by atoms with Crippen LogP contribution in [0.2, 0.25) is 0 Å². The van der Waals surface area contributed by atoms with E-state index in [1.165, 1.54) is 18.3 Å². The predicted molar refractivity (Wildman–Crippen MR) is 110 cm³/mol. The molecule has 3 rings (SSSR count). The van der Waals surface area contributed by atoms with E-state index in [2.05, 4.69) is 10.1 Å². The molecule has 0 unspecified atom stereocenters. The highest BCUT2D eigenvalue weighted by Crippen LogP contribution is 2.24. The number of hydrogen-bond donors (Lipinski definition) is 0. The quantitative estimate of drug-likeness (QED) is 0.531. The Morgan fingerprint density at radius 2 is 1.90 bits per heavy atom. The SMILES string of the molecule is CC(C)ON(C(=O)c1cccc(Oc2ccc(S(C)(=O)=O)nc2)c1)c1ccn(C)n1. The van der Waals surface area contributed by atoms with Gasteiger partial charge in [0.15, 0.2) is 20.7 Å². The van der Waals surface area contributed by atoms with E-state index in [0.29, 0.717) is 22.9 Å². The van der Waals surface area contributed by atoms with Crippen molar-refractivity contribution in [3.05, 3.63) is 60.4 Å². The minimum absolute atomic E-state index is 0.0457. The van der Waals surface area contributed by atoms with Gasteiger partial charge in [-0.05, 0) is 44.2 Å². The molecule has 0 radical (unpaired) electrons. The molecule has 30 heavy (non-hydrogen) atoms. The lowest BCUT2D eigenvalue weighted by atomic mass is 10.2. The maximum Gasteiger partial charge on any atom is 0.283 e. The number of aromatic nitrogens is 3. The number of nitrogens with zero attached hydrogens (tertiary/aromatic N) is 4. The summed E-state index contributed by atoms with van der Waals surface area (Å²) in [5.41, 5.74) is 0.333. The van der Waals surface area contributed by atoms with Crippen molar-refractivity contribution in [2.24, 2.45) is 7.05 Å². The van der Waals surface area contributed by atoms with E-state index in [1.807, 2.05) is 13.8 Å². The van der Waals surface area contributed by atoms with Gasteiger partial charge in [0.05, 0.1) is 12.3 Å². The summed E-state index contributed by atoms with van der Waals surface area (Å²) < 4.78 is 30.3. The fourth-order valence-electron chi connectivity index (χ4n) is 2.52. The summed E-state index contributed by atoms with van der Waals surface area (Å²) in [5, 5.41) is 5.34. The largest absolute Gasteiger partial charge is 0.456 e. The number of ether oxygens (including phenoxy) is 1. The Balaban J connectivity index is 1.83. The molecule has 0 aliphatic carbocycles. The van der Waals surface area contributed by atoms with Gasteiger partial charge < -0.3 is 4.74 Å². The van der Waals surface area contributed by atoms with Crippen LogP contribution in [0.1, 0.15) is 24.2 Å². The molecular formula is C20H22N4O5S. The van der Waals surface area contributed by atoms with Gasteiger partial charge in [-0.25, -0.2) is 13.4 Å². The third kappa shape index (κ3) is 5.22. The smallest absolute Gasteiger partial charge is 0.283 e. The van der Waals surface area contributed by atoms with Crippen LogP contribution in [0.25, 0.3) is 0 Å². The Bertz CT molecular complexity index is 1140. The Labute approximate surface area is 174 Å². The van der Waals surface area contributed by atoms with Crippen molar-refractivity contribution in [1.82, 2.24) is 14.8 Å². The fraction of sp³-hybridized carbons (Fsp3) is 0.250. The first-order valence-corrected chi connectivity index (χ1v) is 11.0. The molecule has 0 saturated heterocycles. The molecule has 0 N–H and O–H groups in total. The summed E-state index contributed by atoms with van der Waals surface area (Å²) in [5.74, 6) is 0.689. The van der Waals surface area contributed by atoms with E-state index in [9.17, 15) is 13.2 Å². The van der Waals surface area contributed by atoms with Gasteiger partial charge >= 0.3 is 0 Å². The number of benzene rings is 1. The van der Waals surface area contributed by atoms with E-state index in [0.717, 1.165) is 11.3 Å². The van der Waals surface area contributed by atoms with Crippen molar-refractivity contribution >= 4 is 21.6 Å². The fourth-order valence-corrected chi connectivity index (χ4v) is 3.08. The average Bonchev–Trinajstić information content (AvgIpc) is 3.11. The molecule has 0 aliphatic rings. The number of carbonyl (C=O) groups excluding carboxylic acids is 1. The molecule has 0 saturated carbocycles. The number of aryl methyl sites for hydroxylation is 1. The highest BCUT2D eigenvalue weighted by atomic mass is 32.2. The number of carbonyl (C=O) groups is 1. The number of pyridine rings is 1. The van der Waals surface area contributed by atoms with Crippen LogP contribution in [-0.2, 0) is 21.7 Å². The maximum absolute atomic E-state index is 13.1. The number of amides is 1. The summed E-state index contributed by atoms with van der Waals surface area (Å²) >= 11 is 0. The zero-order valence-electron chi connectivity index (χ0n) is 17.0. The molecule has 0 atom stereocenters. The zero-order chi connectivity index (χ0) is 21.9. The van der Waals surface area contributed by atoms with E-state index >= 15 is 0 Å². The molecule has 10 heteroatoms. The van der Waals surface area contributed by atoms with Gasteiger partial charge in [0, 0.05) is 31.1 Å². The first-order valence-electron chi connectivity index (χ1n) is 9.08. The number of rotatable bonds is 7. The lowest BCUT2D eigenvalue weighted by molar-refractivity contribution is 0.0410. The monoisotopic (exact) mass is 430 g/mol. The summed E-state index contributed by atoms with van der Waals surface area (Å²) in [6, 6.07) is 11.1. The predicted octanol–water partition coefficient (Wildman–Crippen LogP) is 3.00. The summed E-state index contributed by atoms with van der Waals surface area (Å²) in [6.45, 7) is 3.63. The van der Waals surface area contributed by atoms with E-state index < -0.39 is 15.7 Å². The van der Waals surface area contributed by atoms with E-state index in [4.69, 9.17) is 9.57 Å². The van der Waals surface area contributed by atoms with Gasteiger partial charge in [-0.1, -0.05) is 6.07 Å². The third-order valence-corrected chi connectivity index (χ3v) is 4.82. The summed E-state index contributed by atoms with van der Waals surface area (Å²) in [7, 11) is -1.64. The second-order valence-corrected chi connectivity index (χ2v) is 8.80. The number of hydrogen-bond acceptors (Lipinski definition) is 7. The number of anilines is 1. The Hall–Kier alpha value is -3.24. The molecule has 2 heterocycles. The molecule has 0 spiro atoms. The normalized spacial score (nSPS) is 11.5. The first kappa shape index (κ1) is 21.5. The van der Waals surface area contributed by atoms with Crippen LogP contribution >= 0.6 is 0 Å². The molecule has 3 aromatic rings. The minimum atomic E-state index is -3.39. The highest BCUT2D eigenvalue weighted by molar-refractivity contribution is 7.90. The molecule has 0 fully saturated rings. The molecule has 2 aromatic heterocycles. The van der Waals surface area contributed by atoms with Crippen molar-refractivity contribution in [1.29, 1.82) is 0 Å². The maximum atomic E-state index is 13.1. The van der Waals surface area contributed by atoms with Crippen molar-refractivity contribution in [2.45, 2.75) is 25.0 Å². The molecule has 158 valence electrons. The molecule has 0 bridgehead atoms. The second-order valence-electron chi connectivity index (χ2n) is 6.84. The lowest BCUT2D eigenvalue weighted by Crippen LogP contribution is -2.34. The van der Waals surface area contributed by atoms with Crippen LogP contribution in [0.3, 0.4) is 0 Å². The average molecular weight is 430 g/mol. The standard InChI is InChI=1S/C20H22N4O5S/c1-14(2)29-24(18-10-11-23(3)22-18)20(25)15-6-5-7-16(12-15)28-17-8-9-19(21-13-17)30(4,26)27/h5-14H,1-4H3. The lowest BCUT2D eigenvalue weighted by Gasteiger charge is -2.22. The van der Waals surface area contributed by atoms with Crippen LogP contribution in [0.15, 0.2) is 59.9 Å². The summed E-state index contributed by atoms with van der Waals surface area (Å²) in [6.07, 6.45) is 3.87. The number of hydroxylamine groups is 1. The van der Waals surface area contributed by atoms with Crippen LogP contribution in [0.5, 0.6) is 11.5 Å². The van der Waals surface area contributed by atoms with Crippen molar-refractivity contribution in [3.63, 3.8) is 0 Å². The Morgan fingerprint density at radius 1 is 1.13 bits per heavy atom. The van der Waals surface area contributed by atoms with Crippen molar-refractivity contribution in [2.75, 3.05) is 11.3 Å². The van der Waals surface area contributed by atoms with Gasteiger partial charge in [0.25, 0.3) is 5.91 Å². The van der Waals surface area contributed by atoms with Gasteiger partial charge in [-0.15, -0.1) is 0 Å². The van der Waals surface area contributed by atoms with Crippen LogP contribution in [-0.4, -0.2) is 41.4 Å². The van der Waals surface area contributed by atoms with Gasteiger partial charge in [-0.2, -0.15) is 10.2 Å². The van der Waals surface area contributed by atoms with E-state index in [1.54, 1.807) is 48.3 Å². The van der Waals surface area contributed by atoms with E-state index in [-0.39, 0.29) is 11.1 Å². The van der Waals surface area contributed by atoms with Gasteiger partial charge in [0.1, 0.15) is 11.5 Å². The molecule has 0 aliphatic heterocycles. The molecule has 9 nitrogen and oxygen atoms in total. The van der Waals surface area contributed by atoms with Gasteiger partial charge in [0.2, 0.25) is 0 Å². The van der Waals surface area contributed by atoms with Gasteiger partial charge in [-0.3, -0.25) is 14.3 Å². The molecule has 1 aromatic carbocycles. The van der Waals surface area contributed by atoms with Crippen LogP contribution in [0, 0.1) is 0 Å². The van der Waals surface area contributed by atoms with Crippen LogP contribution in [0.4, 0.5) is 5.82 Å². The minimum Gasteiger partial charge on any atom is -0.456 e. The zero-order valence-corrected chi connectivity index (χ0v) is 17.8. The molecule has 1 amide bonds. The Morgan fingerprint density at radius 3 is 2.47 bits per heavy atom. The summed E-state index contributed by atoms with van der Waals surface area (Å²) in [4.78, 5) is 22.6.